The van der Waals surface area contributed by atoms with Crippen LogP contribution in [0.1, 0.15) is 194 Å². The van der Waals surface area contributed by atoms with E-state index >= 15 is 0 Å². The number of allylic oxidation sites excluding steroid dienone is 8. The maximum atomic E-state index is 12.2. The minimum absolute atomic E-state index is 0.181. The number of esters is 1. The first kappa shape index (κ1) is 45.3. The van der Waals surface area contributed by atoms with Crippen LogP contribution in [0.15, 0.2) is 48.6 Å². The van der Waals surface area contributed by atoms with Gasteiger partial charge in [-0.3, -0.25) is 4.79 Å². The van der Waals surface area contributed by atoms with Crippen LogP contribution in [0.4, 0.5) is 0 Å². The number of carbonyl (C=O) groups excluding carboxylic acids is 1. The standard InChI is InChI=1S/C43H78O4/c1-3-5-7-9-11-13-15-17-19-21-22-23-25-27-29-31-33-35-37-39-46-41-42(40-44)47-43(45)38-36-34-32-30-28-26-24-20-18-16-14-12-10-8-6-4-2/h13-16,19-21,24,42,44H,3-12,17-18,22-23,25-41H2,1-2H3/b15-13-,16-14-,21-19-,24-20-. The van der Waals surface area contributed by atoms with E-state index in [1.54, 1.807) is 0 Å². The lowest BCUT2D eigenvalue weighted by molar-refractivity contribution is -0.154. The monoisotopic (exact) mass is 659 g/mol. The van der Waals surface area contributed by atoms with Gasteiger partial charge in [-0.2, -0.15) is 0 Å². The topological polar surface area (TPSA) is 55.8 Å². The van der Waals surface area contributed by atoms with Crippen molar-refractivity contribution in [1.29, 1.82) is 0 Å². The van der Waals surface area contributed by atoms with Crippen molar-refractivity contribution < 1.29 is 19.4 Å². The molecule has 274 valence electrons. The summed E-state index contributed by atoms with van der Waals surface area (Å²) in [7, 11) is 0. The summed E-state index contributed by atoms with van der Waals surface area (Å²) < 4.78 is 11.1. The SMILES string of the molecule is CCCCCC/C=C\C/C=C\CCCCCCCCCCOCC(CO)OC(=O)CCCCCCC/C=C\C/C=C\CCCCCC. The summed E-state index contributed by atoms with van der Waals surface area (Å²) in [6, 6.07) is 0. The van der Waals surface area contributed by atoms with Crippen molar-refractivity contribution in [2.24, 2.45) is 0 Å². The lowest BCUT2D eigenvalue weighted by Crippen LogP contribution is -2.27. The molecule has 0 bridgehead atoms. The Morgan fingerprint density at radius 2 is 0.894 bits per heavy atom. The van der Waals surface area contributed by atoms with Crippen LogP contribution >= 0.6 is 0 Å². The number of unbranched alkanes of at least 4 members (excludes halogenated alkanes) is 21. The van der Waals surface area contributed by atoms with Gasteiger partial charge in [-0.05, 0) is 77.0 Å². The van der Waals surface area contributed by atoms with Gasteiger partial charge in [-0.25, -0.2) is 0 Å². The third-order valence-electron chi connectivity index (χ3n) is 8.63. The molecule has 0 rings (SSSR count). The summed E-state index contributed by atoms with van der Waals surface area (Å²) >= 11 is 0. The smallest absolute Gasteiger partial charge is 0.306 e. The highest BCUT2D eigenvalue weighted by Crippen LogP contribution is 2.12. The number of hydrogen-bond acceptors (Lipinski definition) is 4. The molecule has 0 aliphatic carbocycles. The van der Waals surface area contributed by atoms with Gasteiger partial charge >= 0.3 is 5.97 Å². The Balaban J connectivity index is 3.48. The third-order valence-corrected chi connectivity index (χ3v) is 8.63. The fraction of sp³-hybridized carbons (Fsp3) is 0.791. The molecular weight excluding hydrogens is 580 g/mol. The van der Waals surface area contributed by atoms with Gasteiger partial charge in [0.1, 0.15) is 6.10 Å². The van der Waals surface area contributed by atoms with E-state index in [-0.39, 0.29) is 19.2 Å². The highest BCUT2D eigenvalue weighted by atomic mass is 16.6. The second-order valence-electron chi connectivity index (χ2n) is 13.3. The highest BCUT2D eigenvalue weighted by molar-refractivity contribution is 5.69. The maximum Gasteiger partial charge on any atom is 0.306 e. The largest absolute Gasteiger partial charge is 0.457 e. The summed E-state index contributed by atoms with van der Waals surface area (Å²) in [6.07, 6.45) is 51.5. The minimum atomic E-state index is -0.545. The molecule has 1 atom stereocenters. The van der Waals surface area contributed by atoms with Crippen LogP contribution < -0.4 is 0 Å². The molecule has 4 nitrogen and oxygen atoms in total. The van der Waals surface area contributed by atoms with Gasteiger partial charge in [0.2, 0.25) is 0 Å². The first-order valence-corrected chi connectivity index (χ1v) is 20.2. The molecule has 0 amide bonds. The third kappa shape index (κ3) is 38.7. The predicted molar refractivity (Wildman–Crippen MR) is 205 cm³/mol. The molecule has 0 spiro atoms. The molecule has 0 aromatic rings. The number of ether oxygens (including phenoxy) is 2. The number of hydrogen-bond donors (Lipinski definition) is 1. The number of aliphatic hydroxyl groups excluding tert-OH is 1. The van der Waals surface area contributed by atoms with Crippen LogP contribution in [0.5, 0.6) is 0 Å². The zero-order valence-corrected chi connectivity index (χ0v) is 31.3. The normalized spacial score (nSPS) is 12.8. The Bertz CT molecular complexity index is 738. The van der Waals surface area contributed by atoms with Gasteiger partial charge < -0.3 is 14.6 Å². The van der Waals surface area contributed by atoms with Crippen LogP contribution in [0.3, 0.4) is 0 Å². The number of aliphatic hydroxyl groups is 1. The molecule has 0 saturated heterocycles. The van der Waals surface area contributed by atoms with Crippen LogP contribution in [0.25, 0.3) is 0 Å². The summed E-state index contributed by atoms with van der Waals surface area (Å²) in [5.41, 5.74) is 0. The molecule has 0 radical (unpaired) electrons. The Morgan fingerprint density at radius 1 is 0.511 bits per heavy atom. The van der Waals surface area contributed by atoms with E-state index in [0.29, 0.717) is 13.0 Å². The van der Waals surface area contributed by atoms with Crippen molar-refractivity contribution in [1.82, 2.24) is 0 Å². The van der Waals surface area contributed by atoms with Crippen molar-refractivity contribution in [2.75, 3.05) is 19.8 Å². The van der Waals surface area contributed by atoms with Crippen molar-refractivity contribution in [3.63, 3.8) is 0 Å². The molecule has 0 aliphatic rings. The van der Waals surface area contributed by atoms with E-state index in [4.69, 9.17) is 9.47 Å². The highest BCUT2D eigenvalue weighted by Gasteiger charge is 2.13. The average molecular weight is 659 g/mol. The molecule has 0 fully saturated rings. The zero-order valence-electron chi connectivity index (χ0n) is 31.3. The van der Waals surface area contributed by atoms with Crippen molar-refractivity contribution in [3.05, 3.63) is 48.6 Å². The van der Waals surface area contributed by atoms with Crippen molar-refractivity contribution >= 4 is 5.97 Å². The Morgan fingerprint density at radius 3 is 1.32 bits per heavy atom. The molecule has 47 heavy (non-hydrogen) atoms. The number of rotatable bonds is 37. The van der Waals surface area contributed by atoms with Crippen LogP contribution in [0.2, 0.25) is 0 Å². The molecular formula is C43H78O4. The molecule has 1 unspecified atom stereocenters. The summed E-state index contributed by atoms with van der Waals surface area (Å²) in [4.78, 5) is 12.2. The summed E-state index contributed by atoms with van der Waals surface area (Å²) in [6.45, 7) is 5.29. The van der Waals surface area contributed by atoms with E-state index in [2.05, 4.69) is 62.5 Å². The fourth-order valence-electron chi connectivity index (χ4n) is 5.56. The van der Waals surface area contributed by atoms with E-state index in [0.717, 1.165) is 44.9 Å². The van der Waals surface area contributed by atoms with Crippen LogP contribution in [0, 0.1) is 0 Å². The fourth-order valence-corrected chi connectivity index (χ4v) is 5.56. The van der Waals surface area contributed by atoms with Crippen LogP contribution in [-0.4, -0.2) is 37.0 Å². The summed E-state index contributed by atoms with van der Waals surface area (Å²) in [5.74, 6) is -0.217. The van der Waals surface area contributed by atoms with Gasteiger partial charge in [0.05, 0.1) is 13.2 Å². The molecule has 4 heteroatoms. The van der Waals surface area contributed by atoms with E-state index < -0.39 is 6.10 Å². The summed E-state index contributed by atoms with van der Waals surface area (Å²) in [5, 5.41) is 9.58. The van der Waals surface area contributed by atoms with Gasteiger partial charge in [-0.15, -0.1) is 0 Å². The lowest BCUT2D eigenvalue weighted by Gasteiger charge is -2.15. The van der Waals surface area contributed by atoms with Crippen molar-refractivity contribution in [3.8, 4) is 0 Å². The maximum absolute atomic E-state index is 12.2. The second-order valence-corrected chi connectivity index (χ2v) is 13.3. The van der Waals surface area contributed by atoms with E-state index in [1.165, 1.54) is 128 Å². The van der Waals surface area contributed by atoms with E-state index in [9.17, 15) is 9.90 Å². The number of carbonyl (C=O) groups is 1. The minimum Gasteiger partial charge on any atom is -0.457 e. The second kappa shape index (κ2) is 40.5. The predicted octanol–water partition coefficient (Wildman–Crippen LogP) is 13.1. The molecule has 0 aromatic heterocycles. The van der Waals surface area contributed by atoms with Gasteiger partial charge in [0.15, 0.2) is 0 Å². The van der Waals surface area contributed by atoms with Gasteiger partial charge in [0, 0.05) is 13.0 Å². The molecule has 0 heterocycles. The van der Waals surface area contributed by atoms with Gasteiger partial charge in [-0.1, -0.05) is 159 Å². The Hall–Kier alpha value is -1.65. The zero-order chi connectivity index (χ0) is 34.1. The average Bonchev–Trinajstić information content (AvgIpc) is 3.08. The molecule has 1 N–H and O–H groups in total. The molecule has 0 aromatic carbocycles. The van der Waals surface area contributed by atoms with Crippen molar-refractivity contribution in [2.45, 2.75) is 200 Å². The van der Waals surface area contributed by atoms with E-state index in [1.807, 2.05) is 0 Å². The Kier molecular flexibility index (Phi) is 39.1. The molecule has 0 saturated carbocycles. The Labute approximate surface area is 292 Å². The first-order valence-electron chi connectivity index (χ1n) is 20.2. The lowest BCUT2D eigenvalue weighted by atomic mass is 10.1. The van der Waals surface area contributed by atoms with Gasteiger partial charge in [0.25, 0.3) is 0 Å². The first-order chi connectivity index (χ1) is 23.2. The van der Waals surface area contributed by atoms with Crippen LogP contribution in [-0.2, 0) is 14.3 Å². The molecule has 0 aliphatic heterocycles. The quantitative estimate of drug-likeness (QED) is 0.0410.